The number of phenols is 1. The average Bonchev–Trinajstić information content (AvgIpc) is 2.88. The minimum absolute atomic E-state index is 0.0824. The fourth-order valence-corrected chi connectivity index (χ4v) is 2.51. The Morgan fingerprint density at radius 1 is 1.29 bits per heavy atom. The Kier molecular flexibility index (Phi) is 5.21. The number of phenolic OH excluding ortho intramolecular Hbond substituents is 1. The molecule has 1 N–H and O–H groups in total. The van der Waals surface area contributed by atoms with Crippen molar-refractivity contribution < 1.29 is 28.9 Å². The smallest absolute Gasteiger partial charge is 0.411 e. The van der Waals surface area contributed by atoms with E-state index in [0.29, 0.717) is 12.2 Å². The van der Waals surface area contributed by atoms with Gasteiger partial charge in [-0.05, 0) is 32.9 Å². The van der Waals surface area contributed by atoms with E-state index in [1.54, 1.807) is 32.9 Å². The van der Waals surface area contributed by atoms with Gasteiger partial charge >= 0.3 is 12.1 Å². The van der Waals surface area contributed by atoms with E-state index in [4.69, 9.17) is 14.2 Å². The van der Waals surface area contributed by atoms with Crippen LogP contribution in [-0.4, -0.2) is 53.5 Å². The maximum absolute atomic E-state index is 12.3. The van der Waals surface area contributed by atoms with Crippen LogP contribution in [0.1, 0.15) is 27.2 Å². The third-order valence-electron chi connectivity index (χ3n) is 3.48. The second kappa shape index (κ2) is 6.98. The molecule has 1 aromatic rings. The van der Waals surface area contributed by atoms with Crippen molar-refractivity contribution in [1.29, 1.82) is 0 Å². The van der Waals surface area contributed by atoms with Crippen LogP contribution in [0.2, 0.25) is 0 Å². The van der Waals surface area contributed by atoms with Crippen molar-refractivity contribution in [3.63, 3.8) is 0 Å². The zero-order valence-electron chi connectivity index (χ0n) is 14.3. The molecular weight excluding hydrogens is 314 g/mol. The monoisotopic (exact) mass is 337 g/mol. The van der Waals surface area contributed by atoms with Crippen LogP contribution in [0.4, 0.5) is 4.79 Å². The van der Waals surface area contributed by atoms with Crippen molar-refractivity contribution >= 4 is 12.1 Å². The topological polar surface area (TPSA) is 85.3 Å². The highest BCUT2D eigenvalue weighted by atomic mass is 16.6. The van der Waals surface area contributed by atoms with Crippen LogP contribution >= 0.6 is 0 Å². The summed E-state index contributed by atoms with van der Waals surface area (Å²) in [5.41, 5.74) is -0.665. The zero-order valence-corrected chi connectivity index (χ0v) is 14.3. The lowest BCUT2D eigenvalue weighted by Crippen LogP contribution is -2.44. The van der Waals surface area contributed by atoms with Crippen molar-refractivity contribution in [3.8, 4) is 11.5 Å². The van der Waals surface area contributed by atoms with E-state index in [1.165, 1.54) is 24.1 Å². The lowest BCUT2D eigenvalue weighted by molar-refractivity contribution is -0.145. The number of benzene rings is 1. The number of carbonyl (C=O) groups excluding carboxylic acids is 2. The first-order valence-electron chi connectivity index (χ1n) is 7.73. The fraction of sp³-hybridized carbons (Fsp3) is 0.529. The summed E-state index contributed by atoms with van der Waals surface area (Å²) in [6, 6.07) is 5.60. The molecule has 0 unspecified atom stereocenters. The van der Waals surface area contributed by atoms with Gasteiger partial charge in [0.15, 0.2) is 0 Å². The van der Waals surface area contributed by atoms with E-state index in [0.717, 1.165) is 0 Å². The number of methoxy groups -OCH3 is 1. The van der Waals surface area contributed by atoms with E-state index in [9.17, 15) is 14.7 Å². The molecular formula is C17H23NO6. The van der Waals surface area contributed by atoms with E-state index in [-0.39, 0.29) is 12.3 Å². The highest BCUT2D eigenvalue weighted by Gasteiger charge is 2.43. The van der Waals surface area contributed by atoms with Gasteiger partial charge in [0, 0.05) is 12.5 Å². The summed E-state index contributed by atoms with van der Waals surface area (Å²) in [6.07, 6.45) is -0.690. The number of likely N-dealkylation sites (tertiary alicyclic amines) is 1. The Hall–Kier alpha value is -2.44. The molecule has 132 valence electrons. The van der Waals surface area contributed by atoms with Gasteiger partial charge in [0.2, 0.25) is 0 Å². The molecule has 1 aliphatic heterocycles. The van der Waals surface area contributed by atoms with Gasteiger partial charge in [-0.25, -0.2) is 9.59 Å². The molecule has 0 bridgehead atoms. The quantitative estimate of drug-likeness (QED) is 0.852. The molecule has 24 heavy (non-hydrogen) atoms. The molecule has 1 heterocycles. The van der Waals surface area contributed by atoms with E-state index >= 15 is 0 Å². The minimum Gasteiger partial charge on any atom is -0.508 e. The van der Waals surface area contributed by atoms with Crippen molar-refractivity contribution in [3.05, 3.63) is 24.3 Å². The van der Waals surface area contributed by atoms with E-state index in [2.05, 4.69) is 0 Å². The highest BCUT2D eigenvalue weighted by Crippen LogP contribution is 2.27. The molecule has 2 rings (SSSR count). The molecule has 0 aliphatic carbocycles. The largest absolute Gasteiger partial charge is 0.508 e. The zero-order chi connectivity index (χ0) is 17.9. The number of rotatable bonds is 3. The molecule has 0 aromatic heterocycles. The number of ether oxygens (including phenoxy) is 3. The molecule has 0 saturated carbocycles. The molecule has 1 amide bonds. The van der Waals surface area contributed by atoms with Crippen LogP contribution in [-0.2, 0) is 14.3 Å². The Morgan fingerprint density at radius 3 is 2.58 bits per heavy atom. The first-order valence-corrected chi connectivity index (χ1v) is 7.73. The minimum atomic E-state index is -0.757. The van der Waals surface area contributed by atoms with Crippen LogP contribution in [0, 0.1) is 0 Å². The van der Waals surface area contributed by atoms with Gasteiger partial charge in [-0.3, -0.25) is 4.90 Å². The summed E-state index contributed by atoms with van der Waals surface area (Å²) in [6.45, 7) is 5.48. The maximum Gasteiger partial charge on any atom is 0.411 e. The fourth-order valence-electron chi connectivity index (χ4n) is 2.51. The molecule has 7 nitrogen and oxygen atoms in total. The number of amides is 1. The summed E-state index contributed by atoms with van der Waals surface area (Å²) in [7, 11) is 1.28. The first-order chi connectivity index (χ1) is 11.2. The van der Waals surface area contributed by atoms with Crippen molar-refractivity contribution in [2.75, 3.05) is 13.7 Å². The molecule has 0 spiro atoms. The average molecular weight is 337 g/mol. The number of carbonyl (C=O) groups is 2. The summed E-state index contributed by atoms with van der Waals surface area (Å²) in [5, 5.41) is 9.49. The SMILES string of the molecule is COC(=O)[C@@H]1C[C@H](Oc2cccc(O)c2)CN1C(=O)OC(C)(C)C. The van der Waals surface area contributed by atoms with Gasteiger partial charge < -0.3 is 19.3 Å². The molecule has 1 aromatic carbocycles. The van der Waals surface area contributed by atoms with Gasteiger partial charge in [0.25, 0.3) is 0 Å². The van der Waals surface area contributed by atoms with Crippen LogP contribution in [0.5, 0.6) is 11.5 Å². The van der Waals surface area contributed by atoms with Gasteiger partial charge in [0.05, 0.1) is 13.7 Å². The standard InChI is InChI=1S/C17H23NO6/c1-17(2,3)24-16(21)18-10-13(9-14(18)15(20)22-4)23-12-7-5-6-11(19)8-12/h5-8,13-14,19H,9-10H2,1-4H3/t13-,14-/m0/s1. The first kappa shape index (κ1) is 17.9. The molecule has 1 aliphatic rings. The van der Waals surface area contributed by atoms with Crippen LogP contribution in [0.3, 0.4) is 0 Å². The van der Waals surface area contributed by atoms with Crippen LogP contribution in [0.15, 0.2) is 24.3 Å². The van der Waals surface area contributed by atoms with Gasteiger partial charge in [-0.1, -0.05) is 6.07 Å². The molecule has 1 fully saturated rings. The van der Waals surface area contributed by atoms with Gasteiger partial charge in [-0.15, -0.1) is 0 Å². The summed E-state index contributed by atoms with van der Waals surface area (Å²) in [4.78, 5) is 25.6. The molecule has 7 heteroatoms. The Balaban J connectivity index is 2.11. The third-order valence-corrected chi connectivity index (χ3v) is 3.48. The highest BCUT2D eigenvalue weighted by molar-refractivity contribution is 5.82. The Morgan fingerprint density at radius 2 is 2.00 bits per heavy atom. The summed E-state index contributed by atoms with van der Waals surface area (Å²) >= 11 is 0. The summed E-state index contributed by atoms with van der Waals surface area (Å²) in [5.74, 6) is 0.0385. The predicted molar refractivity (Wildman–Crippen MR) is 85.9 cm³/mol. The maximum atomic E-state index is 12.3. The lowest BCUT2D eigenvalue weighted by atomic mass is 10.2. The van der Waals surface area contributed by atoms with Crippen molar-refractivity contribution in [2.24, 2.45) is 0 Å². The van der Waals surface area contributed by atoms with E-state index < -0.39 is 29.8 Å². The summed E-state index contributed by atoms with van der Waals surface area (Å²) < 4.78 is 15.9. The lowest BCUT2D eigenvalue weighted by Gasteiger charge is -2.27. The van der Waals surface area contributed by atoms with Crippen LogP contribution in [0.25, 0.3) is 0 Å². The molecule has 2 atom stereocenters. The Labute approximate surface area is 141 Å². The Bertz CT molecular complexity index is 609. The molecule has 0 radical (unpaired) electrons. The van der Waals surface area contributed by atoms with Crippen molar-refractivity contribution in [2.45, 2.75) is 44.9 Å². The normalized spacial score (nSPS) is 20.6. The van der Waals surface area contributed by atoms with Crippen LogP contribution < -0.4 is 4.74 Å². The molecule has 1 saturated heterocycles. The third kappa shape index (κ3) is 4.53. The van der Waals surface area contributed by atoms with Crippen molar-refractivity contribution in [1.82, 2.24) is 4.90 Å². The number of aromatic hydroxyl groups is 1. The van der Waals surface area contributed by atoms with E-state index in [1.807, 2.05) is 0 Å². The van der Waals surface area contributed by atoms with Gasteiger partial charge in [-0.2, -0.15) is 0 Å². The number of hydrogen-bond donors (Lipinski definition) is 1. The number of esters is 1. The van der Waals surface area contributed by atoms with Gasteiger partial charge in [0.1, 0.15) is 29.2 Å². The number of hydrogen-bond acceptors (Lipinski definition) is 6. The number of nitrogens with zero attached hydrogens (tertiary/aromatic N) is 1. The second-order valence-corrected chi connectivity index (χ2v) is 6.64. The predicted octanol–water partition coefficient (Wildman–Crippen LogP) is 2.32. The second-order valence-electron chi connectivity index (χ2n) is 6.64.